The van der Waals surface area contributed by atoms with Crippen molar-refractivity contribution in [3.8, 4) is 0 Å². The summed E-state index contributed by atoms with van der Waals surface area (Å²) in [6, 6.07) is 4.21. The number of carbonyl (C=O) groups is 1. The van der Waals surface area contributed by atoms with Gasteiger partial charge in [-0.3, -0.25) is 9.69 Å². The number of furan rings is 1. The number of carboxylic acids is 1. The molecule has 0 radical (unpaired) electrons. The lowest BCUT2D eigenvalue weighted by Crippen LogP contribution is -2.58. The van der Waals surface area contributed by atoms with Gasteiger partial charge in [0.25, 0.3) is 0 Å². The Hall–Kier alpha value is -1.29. The van der Waals surface area contributed by atoms with E-state index in [0.29, 0.717) is 12.0 Å². The topological polar surface area (TPSA) is 53.7 Å². The highest BCUT2D eigenvalue weighted by atomic mass is 16.4. The molecular formula is C17H25NO3. The molecule has 116 valence electrons. The van der Waals surface area contributed by atoms with Crippen molar-refractivity contribution in [1.82, 2.24) is 4.90 Å². The van der Waals surface area contributed by atoms with E-state index in [4.69, 9.17) is 4.42 Å². The lowest BCUT2D eigenvalue weighted by atomic mass is 9.75. The molecule has 1 aromatic rings. The highest BCUT2D eigenvalue weighted by Gasteiger charge is 2.43. The van der Waals surface area contributed by atoms with Crippen LogP contribution in [0.5, 0.6) is 0 Å². The Morgan fingerprint density at radius 1 is 1.38 bits per heavy atom. The van der Waals surface area contributed by atoms with Crippen LogP contribution < -0.4 is 0 Å². The Bertz CT molecular complexity index is 470. The summed E-state index contributed by atoms with van der Waals surface area (Å²) in [6.45, 7) is 2.15. The van der Waals surface area contributed by atoms with Crippen molar-refractivity contribution < 1.29 is 14.3 Å². The van der Waals surface area contributed by atoms with E-state index in [2.05, 4.69) is 11.8 Å². The van der Waals surface area contributed by atoms with Gasteiger partial charge in [-0.05, 0) is 50.7 Å². The van der Waals surface area contributed by atoms with E-state index in [9.17, 15) is 9.90 Å². The molecule has 2 fully saturated rings. The van der Waals surface area contributed by atoms with Crippen LogP contribution in [0.2, 0.25) is 0 Å². The summed E-state index contributed by atoms with van der Waals surface area (Å²) in [6.07, 6.45) is 9.30. The average Bonchev–Trinajstić information content (AvgIpc) is 2.98. The van der Waals surface area contributed by atoms with Crippen molar-refractivity contribution in [2.45, 2.75) is 70.0 Å². The van der Waals surface area contributed by atoms with E-state index >= 15 is 0 Å². The SMILES string of the molecule is CC(Cc1ccco1)N1C(C(=O)O)CCC2CCCCC21. The molecule has 3 rings (SSSR count). The van der Waals surface area contributed by atoms with Gasteiger partial charge < -0.3 is 9.52 Å². The maximum Gasteiger partial charge on any atom is 0.320 e. The number of piperidine rings is 1. The summed E-state index contributed by atoms with van der Waals surface area (Å²) in [7, 11) is 0. The number of carboxylic acid groups (broad SMARTS) is 1. The summed E-state index contributed by atoms with van der Waals surface area (Å²) in [4.78, 5) is 14.0. The molecule has 4 nitrogen and oxygen atoms in total. The van der Waals surface area contributed by atoms with Gasteiger partial charge in [-0.2, -0.15) is 0 Å². The smallest absolute Gasteiger partial charge is 0.320 e. The second-order valence-electron chi connectivity index (χ2n) is 6.62. The zero-order valence-corrected chi connectivity index (χ0v) is 12.7. The van der Waals surface area contributed by atoms with E-state index in [1.807, 2.05) is 12.1 Å². The number of aliphatic carboxylic acids is 1. The van der Waals surface area contributed by atoms with Gasteiger partial charge in [-0.1, -0.05) is 12.8 Å². The molecule has 4 unspecified atom stereocenters. The van der Waals surface area contributed by atoms with Gasteiger partial charge in [0.2, 0.25) is 0 Å². The molecular weight excluding hydrogens is 266 g/mol. The van der Waals surface area contributed by atoms with Gasteiger partial charge in [0.15, 0.2) is 0 Å². The molecule has 2 heterocycles. The first kappa shape index (κ1) is 14.6. The van der Waals surface area contributed by atoms with Crippen LogP contribution in [0.4, 0.5) is 0 Å². The fraction of sp³-hybridized carbons (Fsp3) is 0.706. The van der Waals surface area contributed by atoms with E-state index in [-0.39, 0.29) is 12.1 Å². The van der Waals surface area contributed by atoms with Gasteiger partial charge in [0.05, 0.1) is 6.26 Å². The predicted octanol–water partition coefficient (Wildman–Crippen LogP) is 3.32. The fourth-order valence-corrected chi connectivity index (χ4v) is 4.38. The molecule has 1 aromatic heterocycles. The molecule has 0 spiro atoms. The minimum absolute atomic E-state index is 0.211. The molecule has 4 heteroatoms. The molecule has 21 heavy (non-hydrogen) atoms. The lowest BCUT2D eigenvalue weighted by molar-refractivity contribution is -0.150. The maximum absolute atomic E-state index is 11.7. The minimum Gasteiger partial charge on any atom is -0.480 e. The third kappa shape index (κ3) is 3.00. The Labute approximate surface area is 126 Å². The number of fused-ring (bicyclic) bond motifs is 1. The fourth-order valence-electron chi connectivity index (χ4n) is 4.38. The van der Waals surface area contributed by atoms with Crippen LogP contribution in [0.15, 0.2) is 22.8 Å². The van der Waals surface area contributed by atoms with E-state index in [1.54, 1.807) is 6.26 Å². The normalized spacial score (nSPS) is 31.6. The van der Waals surface area contributed by atoms with Crippen molar-refractivity contribution >= 4 is 5.97 Å². The molecule has 2 aliphatic rings. The first-order valence-electron chi connectivity index (χ1n) is 8.19. The van der Waals surface area contributed by atoms with Gasteiger partial charge in [0, 0.05) is 18.5 Å². The van der Waals surface area contributed by atoms with Crippen LogP contribution in [0, 0.1) is 5.92 Å². The molecule has 1 saturated heterocycles. The molecule has 1 aliphatic heterocycles. The third-order valence-electron chi connectivity index (χ3n) is 5.29. The maximum atomic E-state index is 11.7. The second-order valence-corrected chi connectivity index (χ2v) is 6.62. The predicted molar refractivity (Wildman–Crippen MR) is 80.1 cm³/mol. The Morgan fingerprint density at radius 2 is 2.19 bits per heavy atom. The van der Waals surface area contributed by atoms with Crippen LogP contribution in [0.3, 0.4) is 0 Å². The summed E-state index contributed by atoms with van der Waals surface area (Å²) in [5, 5.41) is 9.61. The standard InChI is InChI=1S/C17H25NO3/c1-12(11-14-6-4-10-21-14)18-15-7-3-2-5-13(15)8-9-16(18)17(19)20/h4,6,10,12-13,15-16H,2-3,5,7-9,11H2,1H3,(H,19,20). The zero-order chi connectivity index (χ0) is 14.8. The summed E-state index contributed by atoms with van der Waals surface area (Å²) < 4.78 is 5.45. The number of hydrogen-bond acceptors (Lipinski definition) is 3. The quantitative estimate of drug-likeness (QED) is 0.924. The third-order valence-corrected chi connectivity index (χ3v) is 5.29. The Kier molecular flexibility index (Phi) is 4.34. The van der Waals surface area contributed by atoms with Crippen LogP contribution in [-0.2, 0) is 11.2 Å². The molecule has 1 aliphatic carbocycles. The largest absolute Gasteiger partial charge is 0.480 e. The Morgan fingerprint density at radius 3 is 2.90 bits per heavy atom. The number of likely N-dealkylation sites (tertiary alicyclic amines) is 1. The minimum atomic E-state index is -0.662. The van der Waals surface area contributed by atoms with Gasteiger partial charge in [-0.25, -0.2) is 0 Å². The summed E-state index contributed by atoms with van der Waals surface area (Å²) in [5.74, 6) is 0.975. The van der Waals surface area contributed by atoms with Crippen molar-refractivity contribution in [2.75, 3.05) is 0 Å². The highest BCUT2D eigenvalue weighted by molar-refractivity contribution is 5.73. The zero-order valence-electron chi connectivity index (χ0n) is 12.7. The van der Waals surface area contributed by atoms with Gasteiger partial charge in [0.1, 0.15) is 11.8 Å². The highest BCUT2D eigenvalue weighted by Crippen LogP contribution is 2.39. The molecule has 1 saturated carbocycles. The first-order chi connectivity index (χ1) is 10.2. The van der Waals surface area contributed by atoms with Crippen molar-refractivity contribution in [3.63, 3.8) is 0 Å². The van der Waals surface area contributed by atoms with Crippen molar-refractivity contribution in [1.29, 1.82) is 0 Å². The average molecular weight is 291 g/mol. The number of rotatable bonds is 4. The van der Waals surface area contributed by atoms with E-state index in [0.717, 1.165) is 31.4 Å². The molecule has 0 bridgehead atoms. The number of nitrogens with zero attached hydrogens (tertiary/aromatic N) is 1. The Balaban J connectivity index is 1.79. The summed E-state index contributed by atoms with van der Waals surface area (Å²) in [5.41, 5.74) is 0. The molecule has 0 amide bonds. The van der Waals surface area contributed by atoms with E-state index in [1.165, 1.54) is 19.3 Å². The molecule has 4 atom stereocenters. The summed E-state index contributed by atoms with van der Waals surface area (Å²) >= 11 is 0. The number of hydrogen-bond donors (Lipinski definition) is 1. The second kappa shape index (κ2) is 6.22. The van der Waals surface area contributed by atoms with E-state index < -0.39 is 5.97 Å². The van der Waals surface area contributed by atoms with Gasteiger partial charge >= 0.3 is 5.97 Å². The first-order valence-corrected chi connectivity index (χ1v) is 8.19. The monoisotopic (exact) mass is 291 g/mol. The lowest BCUT2D eigenvalue weighted by Gasteiger charge is -2.49. The van der Waals surface area contributed by atoms with Crippen molar-refractivity contribution in [2.24, 2.45) is 5.92 Å². The molecule has 0 aromatic carbocycles. The van der Waals surface area contributed by atoms with Crippen LogP contribution in [-0.4, -0.2) is 34.1 Å². The van der Waals surface area contributed by atoms with Crippen LogP contribution in [0.25, 0.3) is 0 Å². The van der Waals surface area contributed by atoms with Crippen LogP contribution >= 0.6 is 0 Å². The molecule has 1 N–H and O–H groups in total. The van der Waals surface area contributed by atoms with Gasteiger partial charge in [-0.15, -0.1) is 0 Å². The van der Waals surface area contributed by atoms with Crippen molar-refractivity contribution in [3.05, 3.63) is 24.2 Å². The van der Waals surface area contributed by atoms with Crippen LogP contribution in [0.1, 0.15) is 51.2 Å².